The summed E-state index contributed by atoms with van der Waals surface area (Å²) in [5, 5.41) is 3.70. The SMILES string of the molecule is CCCNC(c1cc(C)c(OC)cc1C)C1OCCC1C. The second kappa shape index (κ2) is 7.28. The van der Waals surface area contributed by atoms with Crippen molar-refractivity contribution in [3.63, 3.8) is 0 Å². The van der Waals surface area contributed by atoms with Gasteiger partial charge in [0.1, 0.15) is 5.75 Å². The van der Waals surface area contributed by atoms with Crippen molar-refractivity contribution in [3.05, 3.63) is 28.8 Å². The lowest BCUT2D eigenvalue weighted by Crippen LogP contribution is -2.35. The van der Waals surface area contributed by atoms with Crippen molar-refractivity contribution in [2.24, 2.45) is 5.92 Å². The van der Waals surface area contributed by atoms with Crippen LogP contribution in [-0.4, -0.2) is 26.4 Å². The fourth-order valence-electron chi connectivity index (χ4n) is 3.21. The summed E-state index contributed by atoms with van der Waals surface area (Å²) in [6, 6.07) is 4.67. The molecule has 21 heavy (non-hydrogen) atoms. The Morgan fingerprint density at radius 2 is 2.10 bits per heavy atom. The molecule has 0 bridgehead atoms. The predicted octanol–water partition coefficient (Wildman–Crippen LogP) is 3.78. The largest absolute Gasteiger partial charge is 0.496 e. The van der Waals surface area contributed by atoms with Gasteiger partial charge in [-0.15, -0.1) is 0 Å². The van der Waals surface area contributed by atoms with Crippen molar-refractivity contribution < 1.29 is 9.47 Å². The smallest absolute Gasteiger partial charge is 0.122 e. The van der Waals surface area contributed by atoms with Gasteiger partial charge in [0, 0.05) is 6.61 Å². The molecule has 1 heterocycles. The number of ether oxygens (including phenoxy) is 2. The molecule has 3 unspecified atom stereocenters. The van der Waals surface area contributed by atoms with E-state index in [9.17, 15) is 0 Å². The number of methoxy groups -OCH3 is 1. The molecule has 0 radical (unpaired) electrons. The minimum Gasteiger partial charge on any atom is -0.496 e. The van der Waals surface area contributed by atoms with E-state index in [4.69, 9.17) is 9.47 Å². The first-order valence-corrected chi connectivity index (χ1v) is 8.08. The van der Waals surface area contributed by atoms with Crippen LogP contribution >= 0.6 is 0 Å². The molecular formula is C18H29NO2. The number of hydrogen-bond donors (Lipinski definition) is 1. The molecule has 2 rings (SSSR count). The van der Waals surface area contributed by atoms with Crippen LogP contribution in [0, 0.1) is 19.8 Å². The van der Waals surface area contributed by atoms with Crippen LogP contribution in [0.2, 0.25) is 0 Å². The molecule has 1 aromatic carbocycles. The highest BCUT2D eigenvalue weighted by Crippen LogP contribution is 2.35. The Kier molecular flexibility index (Phi) is 5.65. The minimum atomic E-state index is 0.267. The third kappa shape index (κ3) is 3.58. The van der Waals surface area contributed by atoms with Gasteiger partial charge < -0.3 is 14.8 Å². The normalized spacial score (nSPS) is 23.3. The van der Waals surface area contributed by atoms with Gasteiger partial charge >= 0.3 is 0 Å². The van der Waals surface area contributed by atoms with Gasteiger partial charge in [0.05, 0.1) is 19.3 Å². The third-order valence-corrected chi connectivity index (χ3v) is 4.51. The molecule has 1 N–H and O–H groups in total. The van der Waals surface area contributed by atoms with Gasteiger partial charge in [0.2, 0.25) is 0 Å². The van der Waals surface area contributed by atoms with Gasteiger partial charge in [0.15, 0.2) is 0 Å². The van der Waals surface area contributed by atoms with Crippen molar-refractivity contribution in [1.82, 2.24) is 5.32 Å². The van der Waals surface area contributed by atoms with Crippen molar-refractivity contribution in [2.75, 3.05) is 20.3 Å². The maximum atomic E-state index is 6.04. The Balaban J connectivity index is 2.33. The Morgan fingerprint density at radius 1 is 1.33 bits per heavy atom. The zero-order valence-corrected chi connectivity index (χ0v) is 14.0. The summed E-state index contributed by atoms with van der Waals surface area (Å²) in [6.07, 6.45) is 2.55. The average molecular weight is 291 g/mol. The number of nitrogens with one attached hydrogen (secondary N) is 1. The van der Waals surface area contributed by atoms with E-state index in [1.54, 1.807) is 7.11 Å². The molecule has 3 atom stereocenters. The quantitative estimate of drug-likeness (QED) is 0.865. The van der Waals surface area contributed by atoms with Crippen molar-refractivity contribution in [2.45, 2.75) is 52.7 Å². The first-order chi connectivity index (χ1) is 10.1. The standard InChI is InChI=1S/C18H29NO2/c1-6-8-19-17(18-12(2)7-9-21-18)15-10-14(4)16(20-5)11-13(15)3/h10-12,17-19H,6-9H2,1-5H3. The Morgan fingerprint density at radius 3 is 2.67 bits per heavy atom. The van der Waals surface area contributed by atoms with Gasteiger partial charge in [-0.3, -0.25) is 0 Å². The van der Waals surface area contributed by atoms with Crippen molar-refractivity contribution >= 4 is 0 Å². The fourth-order valence-corrected chi connectivity index (χ4v) is 3.21. The van der Waals surface area contributed by atoms with Gasteiger partial charge in [-0.1, -0.05) is 19.9 Å². The van der Waals surface area contributed by atoms with Crippen LogP contribution in [0.5, 0.6) is 5.75 Å². The van der Waals surface area contributed by atoms with Crippen LogP contribution in [0.4, 0.5) is 0 Å². The highest BCUT2D eigenvalue weighted by Gasteiger charge is 2.33. The molecule has 3 nitrogen and oxygen atoms in total. The molecule has 1 aliphatic heterocycles. The minimum absolute atomic E-state index is 0.267. The van der Waals surface area contributed by atoms with E-state index >= 15 is 0 Å². The molecular weight excluding hydrogens is 262 g/mol. The van der Waals surface area contributed by atoms with E-state index in [-0.39, 0.29) is 12.1 Å². The zero-order chi connectivity index (χ0) is 15.4. The summed E-state index contributed by atoms with van der Waals surface area (Å²) in [5.41, 5.74) is 3.81. The maximum absolute atomic E-state index is 6.04. The van der Waals surface area contributed by atoms with Crippen LogP contribution in [0.3, 0.4) is 0 Å². The van der Waals surface area contributed by atoms with Crippen LogP contribution < -0.4 is 10.1 Å². The monoisotopic (exact) mass is 291 g/mol. The number of hydrogen-bond acceptors (Lipinski definition) is 3. The second-order valence-corrected chi connectivity index (χ2v) is 6.21. The Labute approximate surface area is 129 Å². The van der Waals surface area contributed by atoms with Gasteiger partial charge in [0.25, 0.3) is 0 Å². The van der Waals surface area contributed by atoms with E-state index in [2.05, 4.69) is 45.1 Å². The van der Waals surface area contributed by atoms with Crippen LogP contribution in [-0.2, 0) is 4.74 Å². The lowest BCUT2D eigenvalue weighted by molar-refractivity contribution is 0.0605. The molecule has 1 aromatic rings. The van der Waals surface area contributed by atoms with E-state index < -0.39 is 0 Å². The molecule has 0 spiro atoms. The van der Waals surface area contributed by atoms with E-state index in [0.717, 1.165) is 31.7 Å². The first-order valence-electron chi connectivity index (χ1n) is 8.08. The van der Waals surface area contributed by atoms with Crippen molar-refractivity contribution in [3.8, 4) is 5.75 Å². The first kappa shape index (κ1) is 16.3. The summed E-state index contributed by atoms with van der Waals surface area (Å²) < 4.78 is 11.5. The molecule has 1 aliphatic rings. The molecule has 118 valence electrons. The average Bonchev–Trinajstić information content (AvgIpc) is 2.88. The van der Waals surface area contributed by atoms with Crippen LogP contribution in [0.1, 0.15) is 49.4 Å². The van der Waals surface area contributed by atoms with Gasteiger partial charge in [-0.25, -0.2) is 0 Å². The molecule has 1 saturated heterocycles. The molecule has 0 aromatic heterocycles. The summed E-state index contributed by atoms with van der Waals surface area (Å²) in [6.45, 7) is 10.7. The summed E-state index contributed by atoms with van der Waals surface area (Å²) in [5.74, 6) is 1.56. The highest BCUT2D eigenvalue weighted by molar-refractivity contribution is 5.43. The molecule has 0 aliphatic carbocycles. The predicted molar refractivity (Wildman–Crippen MR) is 87.0 cm³/mol. The fraction of sp³-hybridized carbons (Fsp3) is 0.667. The molecule has 0 amide bonds. The van der Waals surface area contributed by atoms with E-state index in [1.807, 2.05) is 0 Å². The zero-order valence-electron chi connectivity index (χ0n) is 14.0. The van der Waals surface area contributed by atoms with E-state index in [0.29, 0.717) is 5.92 Å². The van der Waals surface area contributed by atoms with Gasteiger partial charge in [-0.2, -0.15) is 0 Å². The van der Waals surface area contributed by atoms with Crippen LogP contribution in [0.25, 0.3) is 0 Å². The Hall–Kier alpha value is -1.06. The highest BCUT2D eigenvalue weighted by atomic mass is 16.5. The molecule has 1 fully saturated rings. The number of aryl methyl sites for hydroxylation is 2. The molecule has 3 heteroatoms. The third-order valence-electron chi connectivity index (χ3n) is 4.51. The number of rotatable bonds is 6. The summed E-state index contributed by atoms with van der Waals surface area (Å²) in [7, 11) is 1.73. The van der Waals surface area contributed by atoms with E-state index in [1.165, 1.54) is 16.7 Å². The van der Waals surface area contributed by atoms with Gasteiger partial charge in [-0.05, 0) is 61.9 Å². The maximum Gasteiger partial charge on any atom is 0.122 e. The summed E-state index contributed by atoms with van der Waals surface area (Å²) in [4.78, 5) is 0. The summed E-state index contributed by atoms with van der Waals surface area (Å²) >= 11 is 0. The Bertz CT molecular complexity index is 473. The van der Waals surface area contributed by atoms with Crippen molar-refractivity contribution in [1.29, 1.82) is 0 Å². The topological polar surface area (TPSA) is 30.5 Å². The number of benzene rings is 1. The lowest BCUT2D eigenvalue weighted by Gasteiger charge is -2.29. The molecule has 0 saturated carbocycles. The second-order valence-electron chi connectivity index (χ2n) is 6.21. The van der Waals surface area contributed by atoms with Crippen LogP contribution in [0.15, 0.2) is 12.1 Å². The lowest BCUT2D eigenvalue weighted by atomic mass is 9.89.